The molecule has 0 aliphatic heterocycles. The average Bonchev–Trinajstić information content (AvgIpc) is 3.27. The van der Waals surface area contributed by atoms with Gasteiger partial charge in [0, 0.05) is 18.0 Å². The molecule has 4 aromatic rings. The van der Waals surface area contributed by atoms with Crippen LogP contribution in [-0.4, -0.2) is 34.9 Å². The van der Waals surface area contributed by atoms with Crippen LogP contribution in [0.3, 0.4) is 0 Å². The number of fused-ring (bicyclic) bond motifs is 1. The van der Waals surface area contributed by atoms with E-state index >= 15 is 0 Å². The van der Waals surface area contributed by atoms with E-state index in [0.29, 0.717) is 10.3 Å². The zero-order valence-electron chi connectivity index (χ0n) is 12.8. The molecule has 0 aliphatic rings. The first-order valence-corrected chi connectivity index (χ1v) is 7.27. The van der Waals surface area contributed by atoms with E-state index in [9.17, 15) is 13.2 Å². The highest BCUT2D eigenvalue weighted by Crippen LogP contribution is 2.27. The van der Waals surface area contributed by atoms with Crippen molar-refractivity contribution >= 4 is 11.5 Å². The average molecular weight is 362 g/mol. The molecule has 26 heavy (non-hydrogen) atoms. The normalized spacial score (nSPS) is 11.8. The van der Waals surface area contributed by atoms with Gasteiger partial charge in [0.25, 0.3) is 5.82 Å². The van der Waals surface area contributed by atoms with E-state index in [1.165, 1.54) is 12.1 Å². The Morgan fingerprint density at radius 3 is 2.65 bits per heavy atom. The van der Waals surface area contributed by atoms with Crippen LogP contribution in [0.1, 0.15) is 11.7 Å². The van der Waals surface area contributed by atoms with Crippen molar-refractivity contribution in [3.8, 4) is 11.4 Å². The molecule has 0 radical (unpaired) electrons. The maximum Gasteiger partial charge on any atom is 0.453 e. The van der Waals surface area contributed by atoms with Gasteiger partial charge in [-0.25, -0.2) is 0 Å². The Hall–Kier alpha value is -3.57. The van der Waals surface area contributed by atoms with Gasteiger partial charge in [-0.05, 0) is 24.3 Å². The molecule has 9 nitrogen and oxygen atoms in total. The fraction of sp³-hybridized carbons (Fsp3) is 0.143. The van der Waals surface area contributed by atoms with Gasteiger partial charge in [0.05, 0.1) is 6.54 Å². The third kappa shape index (κ3) is 3.03. The van der Waals surface area contributed by atoms with E-state index in [4.69, 9.17) is 4.52 Å². The van der Waals surface area contributed by atoms with Gasteiger partial charge in [-0.15, -0.1) is 15.3 Å². The van der Waals surface area contributed by atoms with Crippen LogP contribution in [0.15, 0.2) is 41.2 Å². The third-order valence-electron chi connectivity index (χ3n) is 3.34. The first-order valence-electron chi connectivity index (χ1n) is 7.27. The molecule has 0 spiro atoms. The topological polar surface area (TPSA) is 107 Å². The van der Waals surface area contributed by atoms with Gasteiger partial charge < -0.3 is 9.84 Å². The van der Waals surface area contributed by atoms with Crippen molar-refractivity contribution in [1.82, 2.24) is 34.9 Å². The summed E-state index contributed by atoms with van der Waals surface area (Å²) in [7, 11) is 0. The summed E-state index contributed by atoms with van der Waals surface area (Å²) in [5.41, 5.74) is 0.717. The second kappa shape index (κ2) is 6.06. The van der Waals surface area contributed by atoms with Gasteiger partial charge in [-0.1, -0.05) is 5.16 Å². The van der Waals surface area contributed by atoms with Crippen molar-refractivity contribution in [3.05, 3.63) is 48.4 Å². The molecule has 0 saturated heterocycles. The lowest BCUT2D eigenvalue weighted by Gasteiger charge is -2.05. The first kappa shape index (κ1) is 15.9. The largest absolute Gasteiger partial charge is 0.453 e. The summed E-state index contributed by atoms with van der Waals surface area (Å²) >= 11 is 0. The summed E-state index contributed by atoms with van der Waals surface area (Å²) < 4.78 is 44.4. The number of hydrogen-bond acceptors (Lipinski definition) is 8. The zero-order valence-corrected chi connectivity index (χ0v) is 12.8. The Morgan fingerprint density at radius 1 is 1.08 bits per heavy atom. The molecule has 0 amide bonds. The summed E-state index contributed by atoms with van der Waals surface area (Å²) in [5.74, 6) is -0.398. The summed E-state index contributed by atoms with van der Waals surface area (Å²) in [6.45, 7) is 0.0834. The number of aromatic nitrogens is 7. The minimum atomic E-state index is -4.66. The monoisotopic (exact) mass is 362 g/mol. The summed E-state index contributed by atoms with van der Waals surface area (Å²) in [6.07, 6.45) is -1.46. The van der Waals surface area contributed by atoms with E-state index in [0.717, 1.165) is 5.56 Å². The molecule has 0 bridgehead atoms. The fourth-order valence-corrected chi connectivity index (χ4v) is 2.17. The highest BCUT2D eigenvalue weighted by molar-refractivity contribution is 5.52. The minimum absolute atomic E-state index is 0.0133. The molecule has 0 fully saturated rings. The summed E-state index contributed by atoms with van der Waals surface area (Å²) in [5, 5.41) is 17.1. The van der Waals surface area contributed by atoms with Crippen LogP contribution in [0.5, 0.6) is 0 Å². The molecular weight excluding hydrogens is 353 g/mol. The predicted octanol–water partition coefficient (Wildman–Crippen LogP) is 2.20. The minimum Gasteiger partial charge on any atom is -0.360 e. The second-order valence-corrected chi connectivity index (χ2v) is 5.11. The molecule has 0 saturated carbocycles. The lowest BCUT2D eigenvalue weighted by Crippen LogP contribution is -2.13. The van der Waals surface area contributed by atoms with Crippen LogP contribution in [0.25, 0.3) is 17.0 Å². The van der Waals surface area contributed by atoms with Gasteiger partial charge in [-0.2, -0.15) is 22.7 Å². The standard InChI is InChI=1S/C14H9F3N8O/c15-14(16,17)13-22-21-10-2-1-9(23-25(10)13)19-7-11-20-12(24-26-11)8-3-5-18-6-4-8/h1-6H,7H2,(H,19,23). The van der Waals surface area contributed by atoms with Crippen molar-refractivity contribution in [1.29, 1.82) is 0 Å². The van der Waals surface area contributed by atoms with E-state index in [1.807, 2.05) is 0 Å². The Labute approximate surface area is 142 Å². The molecule has 4 aromatic heterocycles. The van der Waals surface area contributed by atoms with Crippen molar-refractivity contribution in [2.75, 3.05) is 5.32 Å². The van der Waals surface area contributed by atoms with Crippen LogP contribution >= 0.6 is 0 Å². The molecule has 0 unspecified atom stereocenters. The Balaban J connectivity index is 1.52. The number of hydrogen-bond donors (Lipinski definition) is 1. The van der Waals surface area contributed by atoms with Crippen LogP contribution in [0, 0.1) is 0 Å². The fourth-order valence-electron chi connectivity index (χ4n) is 2.17. The predicted molar refractivity (Wildman–Crippen MR) is 80.6 cm³/mol. The molecule has 132 valence electrons. The van der Waals surface area contributed by atoms with Crippen LogP contribution in [0.2, 0.25) is 0 Å². The lowest BCUT2D eigenvalue weighted by atomic mass is 10.2. The maximum absolute atomic E-state index is 12.9. The number of pyridine rings is 1. The number of nitrogens with zero attached hydrogens (tertiary/aromatic N) is 7. The summed E-state index contributed by atoms with van der Waals surface area (Å²) in [4.78, 5) is 8.10. The number of nitrogens with one attached hydrogen (secondary N) is 1. The van der Waals surface area contributed by atoms with Crippen LogP contribution in [-0.2, 0) is 12.7 Å². The molecule has 12 heteroatoms. The van der Waals surface area contributed by atoms with Gasteiger partial charge >= 0.3 is 6.18 Å². The molecule has 0 aromatic carbocycles. The molecule has 4 heterocycles. The molecular formula is C14H9F3N8O. The number of halogens is 3. The molecule has 0 aliphatic carbocycles. The van der Waals surface area contributed by atoms with Gasteiger partial charge in [0.1, 0.15) is 5.82 Å². The van der Waals surface area contributed by atoms with Crippen molar-refractivity contribution in [2.45, 2.75) is 12.7 Å². The number of alkyl halides is 3. The van der Waals surface area contributed by atoms with E-state index in [-0.39, 0.29) is 23.9 Å². The van der Waals surface area contributed by atoms with Crippen LogP contribution in [0.4, 0.5) is 19.0 Å². The van der Waals surface area contributed by atoms with Crippen molar-refractivity contribution < 1.29 is 17.7 Å². The van der Waals surface area contributed by atoms with E-state index in [1.54, 1.807) is 24.5 Å². The Bertz CT molecular complexity index is 1040. The zero-order chi connectivity index (χ0) is 18.1. The molecule has 1 N–H and O–H groups in total. The maximum atomic E-state index is 12.9. The van der Waals surface area contributed by atoms with Crippen LogP contribution < -0.4 is 5.32 Å². The van der Waals surface area contributed by atoms with Gasteiger partial charge in [0.2, 0.25) is 11.7 Å². The SMILES string of the molecule is FC(F)(F)c1nnc2ccc(NCc3nc(-c4ccncc4)no3)nn12. The third-order valence-corrected chi connectivity index (χ3v) is 3.34. The second-order valence-electron chi connectivity index (χ2n) is 5.11. The van der Waals surface area contributed by atoms with E-state index < -0.39 is 12.0 Å². The van der Waals surface area contributed by atoms with E-state index in [2.05, 4.69) is 35.7 Å². The molecule has 0 atom stereocenters. The Morgan fingerprint density at radius 2 is 1.88 bits per heavy atom. The molecule has 4 rings (SSSR count). The highest BCUT2D eigenvalue weighted by atomic mass is 19.4. The van der Waals surface area contributed by atoms with Gasteiger partial charge in [0.15, 0.2) is 5.65 Å². The smallest absolute Gasteiger partial charge is 0.360 e. The Kier molecular flexibility index (Phi) is 3.71. The highest BCUT2D eigenvalue weighted by Gasteiger charge is 2.37. The van der Waals surface area contributed by atoms with Crippen molar-refractivity contribution in [3.63, 3.8) is 0 Å². The summed E-state index contributed by atoms with van der Waals surface area (Å²) in [6, 6.07) is 6.29. The quantitative estimate of drug-likeness (QED) is 0.589. The number of rotatable bonds is 4. The number of anilines is 1. The first-order chi connectivity index (χ1) is 12.5. The lowest BCUT2D eigenvalue weighted by molar-refractivity contribution is -0.146. The van der Waals surface area contributed by atoms with Gasteiger partial charge in [-0.3, -0.25) is 4.98 Å². The van der Waals surface area contributed by atoms with Crippen molar-refractivity contribution in [2.24, 2.45) is 0 Å².